The van der Waals surface area contributed by atoms with Crippen LogP contribution in [0.2, 0.25) is 5.02 Å². The van der Waals surface area contributed by atoms with Gasteiger partial charge in [-0.3, -0.25) is 14.5 Å². The molecule has 0 bridgehead atoms. The number of benzene rings is 4. The van der Waals surface area contributed by atoms with Crippen molar-refractivity contribution < 1.29 is 9.59 Å². The number of rotatable bonds is 5. The number of carbonyl (C=O) groups is 2. The van der Waals surface area contributed by atoms with E-state index in [0.29, 0.717) is 16.5 Å². The molecule has 1 saturated heterocycles. The maximum Gasteiger partial charge on any atom is 0.293 e. The number of hydrogen-bond donors (Lipinski definition) is 0. The molecular weight excluding hydrogens is 488 g/mol. The van der Waals surface area contributed by atoms with E-state index in [0.717, 1.165) is 33.8 Å². The van der Waals surface area contributed by atoms with Crippen LogP contribution in [-0.2, 0) is 17.9 Å². The van der Waals surface area contributed by atoms with Crippen LogP contribution in [0.5, 0.6) is 0 Å². The molecule has 1 aromatic heterocycles. The predicted octanol–water partition coefficient (Wildman–Crippen LogP) is 7.73. The van der Waals surface area contributed by atoms with Crippen LogP contribution in [0, 0.1) is 0 Å². The number of carbonyl (C=O) groups excluding carboxylic acids is 2. The molecular formula is C30H21ClN2O2S. The second kappa shape index (κ2) is 9.34. The molecule has 1 fully saturated rings. The van der Waals surface area contributed by atoms with Gasteiger partial charge in [-0.25, -0.2) is 0 Å². The Morgan fingerprint density at radius 2 is 1.56 bits per heavy atom. The molecule has 2 heterocycles. The lowest BCUT2D eigenvalue weighted by atomic mass is 10.1. The number of amides is 2. The molecule has 176 valence electrons. The second-order valence-electron chi connectivity index (χ2n) is 8.81. The molecule has 0 saturated carbocycles. The molecule has 1 aliphatic rings. The molecule has 0 atom stereocenters. The standard InChI is InChI=1S/C30H21ClN2O2S/c31-25-9-5-6-20(15-25)18-33-29(34)28(36-30(33)35)16-24-19-32(27-11-4-3-10-26(24)27)17-21-12-13-22-7-1-2-8-23(22)14-21/h1-16,19H,17-18H2/b28-16-. The Labute approximate surface area is 217 Å². The van der Waals surface area contributed by atoms with Crippen molar-refractivity contribution in [1.29, 1.82) is 0 Å². The van der Waals surface area contributed by atoms with Gasteiger partial charge in [0.05, 0.1) is 11.4 Å². The molecule has 0 unspecified atom stereocenters. The molecule has 0 N–H and O–H groups in total. The van der Waals surface area contributed by atoms with Gasteiger partial charge in [-0.2, -0.15) is 0 Å². The van der Waals surface area contributed by atoms with Gasteiger partial charge in [0.15, 0.2) is 0 Å². The normalized spacial score (nSPS) is 15.0. The minimum atomic E-state index is -0.281. The monoisotopic (exact) mass is 508 g/mol. The van der Waals surface area contributed by atoms with Crippen molar-refractivity contribution in [3.8, 4) is 0 Å². The van der Waals surface area contributed by atoms with Crippen LogP contribution in [0.25, 0.3) is 27.8 Å². The van der Waals surface area contributed by atoms with E-state index in [4.69, 9.17) is 11.6 Å². The topological polar surface area (TPSA) is 42.3 Å². The van der Waals surface area contributed by atoms with Gasteiger partial charge in [0.25, 0.3) is 11.1 Å². The van der Waals surface area contributed by atoms with Gasteiger partial charge in [-0.05, 0) is 64.0 Å². The van der Waals surface area contributed by atoms with Gasteiger partial charge < -0.3 is 4.57 Å². The van der Waals surface area contributed by atoms with Crippen LogP contribution in [0.15, 0.2) is 102 Å². The van der Waals surface area contributed by atoms with Gasteiger partial charge in [-0.15, -0.1) is 0 Å². The highest BCUT2D eigenvalue weighted by atomic mass is 35.5. The lowest BCUT2D eigenvalue weighted by Gasteiger charge is -2.12. The predicted molar refractivity (Wildman–Crippen MR) is 148 cm³/mol. The van der Waals surface area contributed by atoms with E-state index < -0.39 is 0 Å². The third kappa shape index (κ3) is 4.32. The summed E-state index contributed by atoms with van der Waals surface area (Å²) >= 11 is 7.06. The molecule has 6 heteroatoms. The van der Waals surface area contributed by atoms with Gasteiger partial charge in [0.2, 0.25) is 0 Å². The molecule has 2 amide bonds. The molecule has 1 aliphatic heterocycles. The highest BCUT2D eigenvalue weighted by Crippen LogP contribution is 2.35. The lowest BCUT2D eigenvalue weighted by molar-refractivity contribution is -0.123. The van der Waals surface area contributed by atoms with Crippen molar-refractivity contribution in [3.05, 3.63) is 124 Å². The molecule has 6 rings (SSSR count). The first-order chi connectivity index (χ1) is 17.5. The summed E-state index contributed by atoms with van der Waals surface area (Å²) in [5.74, 6) is -0.281. The molecule has 4 aromatic carbocycles. The van der Waals surface area contributed by atoms with Crippen LogP contribution in [0.1, 0.15) is 16.7 Å². The van der Waals surface area contributed by atoms with E-state index in [9.17, 15) is 9.59 Å². The van der Waals surface area contributed by atoms with E-state index in [1.54, 1.807) is 12.1 Å². The first kappa shape index (κ1) is 22.7. The molecule has 0 radical (unpaired) electrons. The van der Waals surface area contributed by atoms with Crippen molar-refractivity contribution >= 4 is 62.3 Å². The van der Waals surface area contributed by atoms with Crippen LogP contribution in [-0.4, -0.2) is 20.6 Å². The average Bonchev–Trinajstić information content (AvgIpc) is 3.36. The fraction of sp³-hybridized carbons (Fsp3) is 0.0667. The summed E-state index contributed by atoms with van der Waals surface area (Å²) in [6.45, 7) is 0.904. The van der Waals surface area contributed by atoms with Gasteiger partial charge in [0.1, 0.15) is 0 Å². The minimum Gasteiger partial charge on any atom is -0.342 e. The van der Waals surface area contributed by atoms with Crippen molar-refractivity contribution in [2.24, 2.45) is 0 Å². The van der Waals surface area contributed by atoms with Crippen LogP contribution in [0.4, 0.5) is 4.79 Å². The Balaban J connectivity index is 1.32. The number of aromatic nitrogens is 1. The van der Waals surface area contributed by atoms with Crippen molar-refractivity contribution in [2.75, 3.05) is 0 Å². The summed E-state index contributed by atoms with van der Waals surface area (Å²) in [6, 6.07) is 30.2. The fourth-order valence-electron chi connectivity index (χ4n) is 4.65. The Kier molecular flexibility index (Phi) is 5.88. The first-order valence-electron chi connectivity index (χ1n) is 11.6. The Morgan fingerprint density at radius 1 is 0.778 bits per heavy atom. The van der Waals surface area contributed by atoms with Crippen LogP contribution >= 0.6 is 23.4 Å². The van der Waals surface area contributed by atoms with E-state index in [1.165, 1.54) is 21.2 Å². The number of nitrogens with zero attached hydrogens (tertiary/aromatic N) is 2. The number of hydrogen-bond acceptors (Lipinski definition) is 3. The zero-order chi connectivity index (χ0) is 24.6. The Morgan fingerprint density at radius 3 is 2.42 bits per heavy atom. The van der Waals surface area contributed by atoms with E-state index >= 15 is 0 Å². The second-order valence-corrected chi connectivity index (χ2v) is 10.2. The molecule has 0 spiro atoms. The van der Waals surface area contributed by atoms with Crippen molar-refractivity contribution in [1.82, 2.24) is 9.47 Å². The smallest absolute Gasteiger partial charge is 0.293 e. The highest BCUT2D eigenvalue weighted by Gasteiger charge is 2.35. The number of fused-ring (bicyclic) bond motifs is 2. The van der Waals surface area contributed by atoms with E-state index in [-0.39, 0.29) is 17.7 Å². The molecule has 4 nitrogen and oxygen atoms in total. The quantitative estimate of drug-likeness (QED) is 0.228. The Bertz CT molecular complexity index is 1690. The summed E-state index contributed by atoms with van der Waals surface area (Å²) in [5.41, 5.74) is 4.01. The molecule has 0 aliphatic carbocycles. The summed E-state index contributed by atoms with van der Waals surface area (Å²) in [6.07, 6.45) is 3.90. The van der Waals surface area contributed by atoms with Crippen LogP contribution < -0.4 is 0 Å². The summed E-state index contributed by atoms with van der Waals surface area (Å²) < 4.78 is 2.20. The number of imide groups is 1. The maximum absolute atomic E-state index is 13.1. The van der Waals surface area contributed by atoms with Gasteiger partial charge in [-0.1, -0.05) is 78.3 Å². The van der Waals surface area contributed by atoms with Crippen molar-refractivity contribution in [2.45, 2.75) is 13.1 Å². The average molecular weight is 509 g/mol. The summed E-state index contributed by atoms with van der Waals surface area (Å²) in [7, 11) is 0. The molecule has 36 heavy (non-hydrogen) atoms. The first-order valence-corrected chi connectivity index (χ1v) is 12.8. The summed E-state index contributed by atoms with van der Waals surface area (Å²) in [4.78, 5) is 27.5. The van der Waals surface area contributed by atoms with E-state index in [1.807, 2.05) is 42.5 Å². The third-order valence-electron chi connectivity index (χ3n) is 6.38. The maximum atomic E-state index is 13.1. The van der Waals surface area contributed by atoms with Gasteiger partial charge in [0, 0.05) is 34.2 Å². The third-order valence-corrected chi connectivity index (χ3v) is 7.52. The molecule has 5 aromatic rings. The van der Waals surface area contributed by atoms with Crippen LogP contribution in [0.3, 0.4) is 0 Å². The highest BCUT2D eigenvalue weighted by molar-refractivity contribution is 8.18. The lowest BCUT2D eigenvalue weighted by Crippen LogP contribution is -2.27. The number of halogens is 1. The zero-order valence-electron chi connectivity index (χ0n) is 19.2. The SMILES string of the molecule is O=C1S/C(=C\c2cn(Cc3ccc4ccccc4c3)c3ccccc23)C(=O)N1Cc1cccc(Cl)c1. The van der Waals surface area contributed by atoms with E-state index in [2.05, 4.69) is 53.2 Å². The summed E-state index contributed by atoms with van der Waals surface area (Å²) in [5, 5.41) is 3.77. The largest absolute Gasteiger partial charge is 0.342 e. The number of thioether (sulfide) groups is 1. The zero-order valence-corrected chi connectivity index (χ0v) is 20.8. The Hall–Kier alpha value is -3.80. The fourth-order valence-corrected chi connectivity index (χ4v) is 5.69. The van der Waals surface area contributed by atoms with Crippen molar-refractivity contribution in [3.63, 3.8) is 0 Å². The number of para-hydroxylation sites is 1. The minimum absolute atomic E-state index is 0.201. The van der Waals surface area contributed by atoms with Gasteiger partial charge >= 0.3 is 0 Å².